The van der Waals surface area contributed by atoms with Gasteiger partial charge in [-0.25, -0.2) is 4.79 Å². The molecule has 0 radical (unpaired) electrons. The zero-order valence-electron chi connectivity index (χ0n) is 13.3. The third-order valence-corrected chi connectivity index (χ3v) is 3.80. The van der Waals surface area contributed by atoms with Crippen LogP contribution in [0.4, 0.5) is 0 Å². The molecule has 1 rings (SSSR count). The predicted octanol–water partition coefficient (Wildman–Crippen LogP) is 4.73. The van der Waals surface area contributed by atoms with E-state index in [-0.39, 0.29) is 17.5 Å². The Balaban J connectivity index is 2.54. The summed E-state index contributed by atoms with van der Waals surface area (Å²) in [7, 11) is 0. The van der Waals surface area contributed by atoms with Crippen LogP contribution in [0.2, 0.25) is 5.02 Å². The Labute approximate surface area is 132 Å². The number of hydrogen-bond donors (Lipinski definition) is 0. The number of benzene rings is 1. The van der Waals surface area contributed by atoms with Gasteiger partial charge < -0.3 is 9.47 Å². The number of hydrogen-bond acceptors (Lipinski definition) is 3. The molecule has 0 aromatic heterocycles. The fourth-order valence-corrected chi connectivity index (χ4v) is 1.89. The molecule has 0 saturated heterocycles. The highest BCUT2D eigenvalue weighted by Crippen LogP contribution is 2.25. The molecule has 0 aliphatic heterocycles. The number of unbranched alkanes of at least 4 members (excludes halogenated alkanes) is 1. The minimum atomic E-state index is -0.355. The van der Waals surface area contributed by atoms with Crippen LogP contribution in [0.1, 0.15) is 50.9 Å². The van der Waals surface area contributed by atoms with Crippen LogP contribution in [0.3, 0.4) is 0 Å². The summed E-state index contributed by atoms with van der Waals surface area (Å²) in [5.41, 5.74) is 0.235. The molecular weight excluding hydrogens is 288 g/mol. The van der Waals surface area contributed by atoms with Gasteiger partial charge in [-0.2, -0.15) is 0 Å². The van der Waals surface area contributed by atoms with Gasteiger partial charge in [-0.3, -0.25) is 0 Å². The average Bonchev–Trinajstić information content (AvgIpc) is 2.43. The maximum absolute atomic E-state index is 12.1. The quantitative estimate of drug-likeness (QED) is 0.514. The van der Waals surface area contributed by atoms with E-state index in [1.807, 2.05) is 20.8 Å². The zero-order valence-corrected chi connectivity index (χ0v) is 14.1. The Hall–Kier alpha value is -1.06. The Morgan fingerprint density at radius 2 is 2.10 bits per heavy atom. The Morgan fingerprint density at radius 3 is 2.71 bits per heavy atom. The second-order valence-electron chi connectivity index (χ2n) is 5.95. The van der Waals surface area contributed by atoms with E-state index >= 15 is 0 Å². The topological polar surface area (TPSA) is 35.5 Å². The lowest BCUT2D eigenvalue weighted by atomic mass is 9.88. The highest BCUT2D eigenvalue weighted by Gasteiger charge is 2.29. The summed E-state index contributed by atoms with van der Waals surface area (Å²) in [5.74, 6) is -0.355. The van der Waals surface area contributed by atoms with Crippen molar-refractivity contribution in [2.75, 3.05) is 13.2 Å². The fourth-order valence-electron chi connectivity index (χ4n) is 1.70. The summed E-state index contributed by atoms with van der Waals surface area (Å²) >= 11 is 5.89. The van der Waals surface area contributed by atoms with Gasteiger partial charge in [-0.1, -0.05) is 44.9 Å². The highest BCUT2D eigenvalue weighted by molar-refractivity contribution is 6.30. The van der Waals surface area contributed by atoms with E-state index in [1.165, 1.54) is 0 Å². The lowest BCUT2D eigenvalue weighted by Gasteiger charge is -2.31. The number of halogens is 1. The number of esters is 1. The molecule has 1 unspecified atom stereocenters. The van der Waals surface area contributed by atoms with Crippen molar-refractivity contribution in [2.45, 2.75) is 46.6 Å². The Bertz CT molecular complexity index is 457. The van der Waals surface area contributed by atoms with E-state index in [9.17, 15) is 4.79 Å². The molecular formula is C17H25ClO3. The van der Waals surface area contributed by atoms with Crippen LogP contribution < -0.4 is 0 Å². The van der Waals surface area contributed by atoms with Crippen LogP contribution in [0.5, 0.6) is 0 Å². The lowest BCUT2D eigenvalue weighted by Crippen LogP contribution is -2.35. The normalized spacial score (nSPS) is 13.0. The molecule has 21 heavy (non-hydrogen) atoms. The fraction of sp³-hybridized carbons (Fsp3) is 0.588. The first-order valence-electron chi connectivity index (χ1n) is 7.41. The number of ether oxygens (including phenoxy) is 2. The smallest absolute Gasteiger partial charge is 0.338 e. The maximum Gasteiger partial charge on any atom is 0.338 e. The van der Waals surface area contributed by atoms with Crippen molar-refractivity contribution in [2.24, 2.45) is 5.41 Å². The zero-order chi connectivity index (χ0) is 15.9. The Morgan fingerprint density at radius 1 is 1.38 bits per heavy atom. The van der Waals surface area contributed by atoms with Crippen molar-refractivity contribution in [3.63, 3.8) is 0 Å². The van der Waals surface area contributed by atoms with Gasteiger partial charge in [0.05, 0.1) is 12.2 Å². The van der Waals surface area contributed by atoms with Crippen LogP contribution in [0.25, 0.3) is 0 Å². The van der Waals surface area contributed by atoms with Crippen LogP contribution >= 0.6 is 11.6 Å². The molecule has 0 fully saturated rings. The van der Waals surface area contributed by atoms with Crippen molar-refractivity contribution in [3.05, 3.63) is 34.9 Å². The van der Waals surface area contributed by atoms with Gasteiger partial charge in [0.15, 0.2) is 0 Å². The summed E-state index contributed by atoms with van der Waals surface area (Å²) in [6.07, 6.45) is 1.91. The monoisotopic (exact) mass is 312 g/mol. The molecule has 0 saturated carbocycles. The largest absolute Gasteiger partial charge is 0.458 e. The number of carbonyl (C=O) groups is 1. The first-order valence-corrected chi connectivity index (χ1v) is 7.79. The second-order valence-corrected chi connectivity index (χ2v) is 6.39. The third kappa shape index (κ3) is 6.06. The van der Waals surface area contributed by atoms with E-state index in [4.69, 9.17) is 21.1 Å². The van der Waals surface area contributed by atoms with Gasteiger partial charge in [0, 0.05) is 17.0 Å². The molecule has 1 aromatic rings. The third-order valence-electron chi connectivity index (χ3n) is 3.56. The van der Waals surface area contributed by atoms with Crippen molar-refractivity contribution in [1.29, 1.82) is 0 Å². The van der Waals surface area contributed by atoms with Gasteiger partial charge in [0.2, 0.25) is 0 Å². The van der Waals surface area contributed by atoms with E-state index in [0.717, 1.165) is 19.4 Å². The molecule has 0 N–H and O–H groups in total. The van der Waals surface area contributed by atoms with Gasteiger partial charge in [-0.15, -0.1) is 0 Å². The predicted molar refractivity (Wildman–Crippen MR) is 85.8 cm³/mol. The molecule has 1 aromatic carbocycles. The van der Waals surface area contributed by atoms with Crippen molar-refractivity contribution >= 4 is 17.6 Å². The molecule has 4 heteroatoms. The average molecular weight is 313 g/mol. The summed E-state index contributed by atoms with van der Waals surface area (Å²) in [6, 6.07) is 6.78. The number of rotatable bonds is 8. The van der Waals surface area contributed by atoms with Gasteiger partial charge in [-0.05, 0) is 31.5 Å². The van der Waals surface area contributed by atoms with E-state index in [1.54, 1.807) is 24.3 Å². The van der Waals surface area contributed by atoms with Crippen molar-refractivity contribution < 1.29 is 14.3 Å². The summed E-state index contributed by atoms with van der Waals surface area (Å²) in [4.78, 5) is 12.1. The van der Waals surface area contributed by atoms with Crippen molar-refractivity contribution in [3.8, 4) is 0 Å². The number of carbonyl (C=O) groups excluding carboxylic acids is 1. The van der Waals surface area contributed by atoms with Gasteiger partial charge in [0.25, 0.3) is 0 Å². The molecule has 0 amide bonds. The molecule has 0 heterocycles. The molecule has 0 aliphatic rings. The summed E-state index contributed by atoms with van der Waals surface area (Å²) < 4.78 is 11.2. The minimum Gasteiger partial charge on any atom is -0.458 e. The minimum absolute atomic E-state index is 0.234. The second kappa shape index (κ2) is 8.40. The molecule has 3 nitrogen and oxygen atoms in total. The highest BCUT2D eigenvalue weighted by atomic mass is 35.5. The van der Waals surface area contributed by atoms with Crippen LogP contribution in [0.15, 0.2) is 24.3 Å². The van der Waals surface area contributed by atoms with Crippen molar-refractivity contribution in [1.82, 2.24) is 0 Å². The van der Waals surface area contributed by atoms with Crippen LogP contribution in [-0.4, -0.2) is 25.3 Å². The molecule has 1 atom stereocenters. The van der Waals surface area contributed by atoms with E-state index in [2.05, 4.69) is 6.92 Å². The van der Waals surface area contributed by atoms with Gasteiger partial charge in [0.1, 0.15) is 6.10 Å². The maximum atomic E-state index is 12.1. The van der Waals surface area contributed by atoms with E-state index < -0.39 is 0 Å². The van der Waals surface area contributed by atoms with E-state index in [0.29, 0.717) is 17.2 Å². The van der Waals surface area contributed by atoms with Gasteiger partial charge >= 0.3 is 5.97 Å². The Kier molecular flexibility index (Phi) is 7.20. The van der Waals surface area contributed by atoms with Crippen LogP contribution in [-0.2, 0) is 9.47 Å². The molecule has 0 aliphatic carbocycles. The van der Waals surface area contributed by atoms with Crippen LogP contribution in [0, 0.1) is 5.41 Å². The first-order chi connectivity index (χ1) is 9.86. The molecule has 0 spiro atoms. The summed E-state index contributed by atoms with van der Waals surface area (Å²) in [6.45, 7) is 9.41. The first kappa shape index (κ1) is 18.0. The lowest BCUT2D eigenvalue weighted by molar-refractivity contribution is -0.0364. The standard InChI is InChI=1S/C17H25ClO3/c1-5-6-10-20-12-17(3,4)13(2)21-16(19)14-8-7-9-15(18)11-14/h7-9,11,13H,5-6,10,12H2,1-4H3. The molecule has 118 valence electrons. The molecule has 0 bridgehead atoms. The SMILES string of the molecule is CCCCOCC(C)(C)C(C)OC(=O)c1cccc(Cl)c1. The summed E-state index contributed by atoms with van der Waals surface area (Å²) in [5, 5.41) is 0.527.